The van der Waals surface area contributed by atoms with E-state index in [1.807, 2.05) is 0 Å². The normalized spacial score (nSPS) is 14.3. The van der Waals surface area contributed by atoms with Crippen molar-refractivity contribution in [3.05, 3.63) is 54.1 Å². The molecule has 0 aliphatic heterocycles. The van der Waals surface area contributed by atoms with E-state index in [-0.39, 0.29) is 24.3 Å². The molecule has 2 aromatic rings. The SMILES string of the molecule is NC(Cc1cnc[nH]1)C(=O)NC(CS)C(=O)NC(Cc1ccccc1)C(=O)NC(CS)C(=O)O. The Hall–Kier alpha value is -3.03. The highest BCUT2D eigenvalue weighted by Gasteiger charge is 2.29. The maximum atomic E-state index is 12.9. The number of carbonyl (C=O) groups excluding carboxylic acids is 3. The number of nitrogens with two attached hydrogens (primary N) is 1. The van der Waals surface area contributed by atoms with Crippen molar-refractivity contribution in [2.24, 2.45) is 5.73 Å². The van der Waals surface area contributed by atoms with Crippen molar-refractivity contribution in [3.8, 4) is 0 Å². The summed E-state index contributed by atoms with van der Waals surface area (Å²) in [5, 5.41) is 16.7. The lowest BCUT2D eigenvalue weighted by molar-refractivity contribution is -0.141. The van der Waals surface area contributed by atoms with Crippen molar-refractivity contribution in [2.75, 3.05) is 11.5 Å². The van der Waals surface area contributed by atoms with Crippen LogP contribution in [0.4, 0.5) is 0 Å². The van der Waals surface area contributed by atoms with Gasteiger partial charge in [-0.1, -0.05) is 30.3 Å². The first-order valence-electron chi connectivity index (χ1n) is 10.4. The molecule has 4 unspecified atom stereocenters. The van der Waals surface area contributed by atoms with Gasteiger partial charge in [-0.3, -0.25) is 14.4 Å². The number of H-pyrrole nitrogens is 1. The van der Waals surface area contributed by atoms with Gasteiger partial charge in [0.25, 0.3) is 0 Å². The third kappa shape index (κ3) is 8.39. The summed E-state index contributed by atoms with van der Waals surface area (Å²) < 4.78 is 0. The molecule has 1 heterocycles. The number of hydrogen-bond donors (Lipinski definition) is 8. The van der Waals surface area contributed by atoms with Gasteiger partial charge in [0.1, 0.15) is 18.1 Å². The Balaban J connectivity index is 2.08. The van der Waals surface area contributed by atoms with Gasteiger partial charge in [0.2, 0.25) is 17.7 Å². The van der Waals surface area contributed by atoms with E-state index in [2.05, 4.69) is 51.2 Å². The van der Waals surface area contributed by atoms with Gasteiger partial charge in [-0.15, -0.1) is 0 Å². The molecule has 3 amide bonds. The summed E-state index contributed by atoms with van der Waals surface area (Å²) in [6.07, 6.45) is 3.29. The van der Waals surface area contributed by atoms with Crippen LogP contribution in [0.25, 0.3) is 0 Å². The number of nitrogens with zero attached hydrogens (tertiary/aromatic N) is 1. The number of amides is 3. The van der Waals surface area contributed by atoms with Gasteiger partial charge in [0, 0.05) is 36.2 Å². The number of nitrogens with one attached hydrogen (secondary N) is 4. The lowest BCUT2D eigenvalue weighted by atomic mass is 10.0. The molecule has 7 N–H and O–H groups in total. The van der Waals surface area contributed by atoms with Gasteiger partial charge < -0.3 is 31.8 Å². The summed E-state index contributed by atoms with van der Waals surface area (Å²) in [4.78, 5) is 56.2. The smallest absolute Gasteiger partial charge is 0.327 e. The topological polar surface area (TPSA) is 179 Å². The minimum absolute atomic E-state index is 0.0532. The number of rotatable bonds is 13. The molecule has 0 spiro atoms. The Bertz CT molecular complexity index is 960. The van der Waals surface area contributed by atoms with Crippen LogP contribution >= 0.6 is 25.3 Å². The van der Waals surface area contributed by atoms with Crippen LogP contribution in [0, 0.1) is 0 Å². The van der Waals surface area contributed by atoms with Gasteiger partial charge in [-0.2, -0.15) is 25.3 Å². The zero-order chi connectivity index (χ0) is 25.1. The molecule has 13 heteroatoms. The number of carboxylic acids is 1. The Labute approximate surface area is 207 Å². The fourth-order valence-electron chi connectivity index (χ4n) is 2.99. The molecule has 0 aliphatic carbocycles. The monoisotopic (exact) mass is 508 g/mol. The molecule has 0 bridgehead atoms. The number of carbonyl (C=O) groups is 4. The third-order valence-corrected chi connectivity index (χ3v) is 5.59. The lowest BCUT2D eigenvalue weighted by Crippen LogP contribution is -2.58. The van der Waals surface area contributed by atoms with Crippen molar-refractivity contribution >= 4 is 48.9 Å². The molecule has 11 nitrogen and oxygen atoms in total. The molecule has 0 aliphatic rings. The Kier molecular flexibility index (Phi) is 10.9. The summed E-state index contributed by atoms with van der Waals surface area (Å²) in [5.74, 6) is -3.36. The number of thiol groups is 2. The fourth-order valence-corrected chi connectivity index (χ4v) is 3.49. The van der Waals surface area contributed by atoms with Crippen LogP contribution in [0.1, 0.15) is 11.3 Å². The van der Waals surface area contributed by atoms with Crippen LogP contribution in [-0.4, -0.2) is 74.4 Å². The van der Waals surface area contributed by atoms with E-state index in [0.29, 0.717) is 5.69 Å². The van der Waals surface area contributed by atoms with E-state index < -0.39 is 47.9 Å². The van der Waals surface area contributed by atoms with E-state index in [9.17, 15) is 24.3 Å². The average Bonchev–Trinajstić information content (AvgIpc) is 3.33. The number of imidazole rings is 1. The Morgan fingerprint density at radius 1 is 0.912 bits per heavy atom. The van der Waals surface area contributed by atoms with E-state index in [4.69, 9.17) is 5.73 Å². The largest absolute Gasteiger partial charge is 0.480 e. The summed E-state index contributed by atoms with van der Waals surface area (Å²) >= 11 is 8.08. The zero-order valence-corrected chi connectivity index (χ0v) is 20.0. The Morgan fingerprint density at radius 3 is 2.06 bits per heavy atom. The maximum Gasteiger partial charge on any atom is 0.327 e. The molecule has 1 aromatic carbocycles. The predicted octanol–water partition coefficient (Wildman–Crippen LogP) is -1.08. The zero-order valence-electron chi connectivity index (χ0n) is 18.2. The van der Waals surface area contributed by atoms with Gasteiger partial charge in [-0.05, 0) is 5.56 Å². The lowest BCUT2D eigenvalue weighted by Gasteiger charge is -2.24. The highest BCUT2D eigenvalue weighted by Crippen LogP contribution is 2.06. The highest BCUT2D eigenvalue weighted by molar-refractivity contribution is 7.80. The molecule has 0 fully saturated rings. The highest BCUT2D eigenvalue weighted by atomic mass is 32.1. The predicted molar refractivity (Wildman–Crippen MR) is 132 cm³/mol. The molecule has 0 saturated carbocycles. The molecule has 4 atom stereocenters. The van der Waals surface area contributed by atoms with Crippen LogP contribution in [0.15, 0.2) is 42.9 Å². The second kappa shape index (κ2) is 13.6. The van der Waals surface area contributed by atoms with Crippen LogP contribution in [-0.2, 0) is 32.0 Å². The molecule has 184 valence electrons. The number of hydrogen-bond acceptors (Lipinski definition) is 8. The van der Waals surface area contributed by atoms with E-state index in [0.717, 1.165) is 5.56 Å². The average molecular weight is 509 g/mol. The van der Waals surface area contributed by atoms with Gasteiger partial charge in [0.05, 0.1) is 12.4 Å². The molecular formula is C21H28N6O5S2. The number of aromatic nitrogens is 2. The van der Waals surface area contributed by atoms with Crippen molar-refractivity contribution in [2.45, 2.75) is 37.0 Å². The van der Waals surface area contributed by atoms with Crippen LogP contribution in [0.3, 0.4) is 0 Å². The van der Waals surface area contributed by atoms with Gasteiger partial charge in [0.15, 0.2) is 0 Å². The third-order valence-electron chi connectivity index (χ3n) is 4.86. The molecule has 2 rings (SSSR count). The minimum atomic E-state index is -1.25. The number of carboxylic acid groups (broad SMARTS) is 1. The first-order chi connectivity index (χ1) is 16.2. The molecule has 34 heavy (non-hydrogen) atoms. The first kappa shape index (κ1) is 27.2. The summed E-state index contributed by atoms with van der Waals surface area (Å²) in [6.45, 7) is 0. The molecule has 0 saturated heterocycles. The van der Waals surface area contributed by atoms with E-state index in [1.54, 1.807) is 30.3 Å². The summed E-state index contributed by atoms with van der Waals surface area (Å²) in [5.41, 5.74) is 7.32. The quantitative estimate of drug-likeness (QED) is 0.159. The second-order valence-corrected chi connectivity index (χ2v) is 8.19. The van der Waals surface area contributed by atoms with Gasteiger partial charge >= 0.3 is 5.97 Å². The van der Waals surface area contributed by atoms with Crippen molar-refractivity contribution in [3.63, 3.8) is 0 Å². The molecule has 1 aromatic heterocycles. The van der Waals surface area contributed by atoms with Crippen LogP contribution in [0.2, 0.25) is 0 Å². The second-order valence-electron chi connectivity index (χ2n) is 7.46. The van der Waals surface area contributed by atoms with Gasteiger partial charge in [-0.25, -0.2) is 9.78 Å². The number of aromatic amines is 1. The molecular weight excluding hydrogens is 480 g/mol. The first-order valence-corrected chi connectivity index (χ1v) is 11.6. The van der Waals surface area contributed by atoms with Crippen LogP contribution < -0.4 is 21.7 Å². The van der Waals surface area contributed by atoms with Crippen LogP contribution in [0.5, 0.6) is 0 Å². The Morgan fingerprint density at radius 2 is 1.50 bits per heavy atom. The maximum absolute atomic E-state index is 12.9. The fraction of sp³-hybridized carbons (Fsp3) is 0.381. The van der Waals surface area contributed by atoms with E-state index >= 15 is 0 Å². The van der Waals surface area contributed by atoms with Crippen molar-refractivity contribution in [1.29, 1.82) is 0 Å². The standard InChI is InChI=1S/C21H28N6O5S2/c22-14(7-13-8-23-11-24-13)18(28)26-16(9-33)20(30)25-15(6-12-4-2-1-3-5-12)19(29)27-17(10-34)21(31)32/h1-5,8,11,14-17,33-34H,6-7,9-10,22H2,(H,23,24)(H,25,30)(H,26,28)(H,27,29)(H,31,32). The summed E-state index contributed by atoms with van der Waals surface area (Å²) in [6, 6.07) is 4.55. The molecule has 0 radical (unpaired) electrons. The minimum Gasteiger partial charge on any atom is -0.480 e. The number of aliphatic carboxylic acids is 1. The number of benzene rings is 1. The van der Waals surface area contributed by atoms with Crippen molar-refractivity contribution < 1.29 is 24.3 Å². The summed E-state index contributed by atoms with van der Waals surface area (Å²) in [7, 11) is 0. The van der Waals surface area contributed by atoms with E-state index in [1.165, 1.54) is 12.5 Å². The van der Waals surface area contributed by atoms with Crippen molar-refractivity contribution in [1.82, 2.24) is 25.9 Å².